The van der Waals surface area contributed by atoms with Gasteiger partial charge in [0.15, 0.2) is 0 Å². The molecule has 0 aliphatic carbocycles. The van der Waals surface area contributed by atoms with Crippen molar-refractivity contribution >= 4 is 34.0 Å². The number of halogens is 2. The van der Waals surface area contributed by atoms with Crippen LogP contribution in [0.25, 0.3) is 0 Å². The first-order chi connectivity index (χ1) is 5.77. The molecule has 0 amide bonds. The minimum atomic E-state index is 0. The van der Waals surface area contributed by atoms with E-state index in [1.54, 1.807) is 7.11 Å². The maximum Gasteiger partial charge on any atom is 0.142 e. The third-order valence-corrected chi connectivity index (χ3v) is 2.02. The maximum atomic E-state index is 5.17. The first kappa shape index (κ1) is 12.6. The fourth-order valence-electron chi connectivity index (χ4n) is 1.01. The van der Waals surface area contributed by atoms with Crippen molar-refractivity contribution in [1.29, 1.82) is 0 Å². The fraction of sp³-hybridized carbons (Fsp3) is 0.333. The monoisotopic (exact) mass is 265 g/mol. The van der Waals surface area contributed by atoms with E-state index in [0.717, 1.165) is 22.5 Å². The smallest absolute Gasteiger partial charge is 0.142 e. The van der Waals surface area contributed by atoms with Crippen molar-refractivity contribution in [2.24, 2.45) is 0 Å². The number of rotatable bonds is 3. The van der Waals surface area contributed by atoms with Crippen LogP contribution in [0.2, 0.25) is 0 Å². The number of methoxy groups -OCH3 is 1. The lowest BCUT2D eigenvalue weighted by Crippen LogP contribution is -1.98. The summed E-state index contributed by atoms with van der Waals surface area (Å²) >= 11 is 3.40. The van der Waals surface area contributed by atoms with E-state index in [0.29, 0.717) is 0 Å². The lowest BCUT2D eigenvalue weighted by Gasteiger charge is -2.09. The van der Waals surface area contributed by atoms with E-state index >= 15 is 0 Å². The molecule has 1 aromatic carbocycles. The Labute approximate surface area is 93.2 Å². The van der Waals surface area contributed by atoms with Crippen LogP contribution in [0.1, 0.15) is 6.92 Å². The molecule has 0 atom stereocenters. The first-order valence-corrected chi connectivity index (χ1v) is 4.64. The Balaban J connectivity index is 0.00000144. The first-order valence-electron chi connectivity index (χ1n) is 3.85. The molecule has 0 unspecified atom stereocenters. The summed E-state index contributed by atoms with van der Waals surface area (Å²) < 4.78 is 6.22. The van der Waals surface area contributed by atoms with Gasteiger partial charge in [-0.25, -0.2) is 0 Å². The number of nitrogens with one attached hydrogen (secondary N) is 1. The van der Waals surface area contributed by atoms with Crippen LogP contribution >= 0.6 is 28.3 Å². The van der Waals surface area contributed by atoms with E-state index < -0.39 is 0 Å². The van der Waals surface area contributed by atoms with Gasteiger partial charge in [0, 0.05) is 11.0 Å². The molecule has 0 bridgehead atoms. The predicted molar refractivity (Wildman–Crippen MR) is 62.1 cm³/mol. The van der Waals surface area contributed by atoms with Crippen LogP contribution in [0.15, 0.2) is 22.7 Å². The molecule has 74 valence electrons. The van der Waals surface area contributed by atoms with E-state index in [4.69, 9.17) is 4.74 Å². The Morgan fingerprint density at radius 2 is 2.15 bits per heavy atom. The molecule has 0 aromatic heterocycles. The van der Waals surface area contributed by atoms with E-state index in [-0.39, 0.29) is 12.4 Å². The van der Waals surface area contributed by atoms with E-state index in [2.05, 4.69) is 28.2 Å². The number of hydrogen-bond acceptors (Lipinski definition) is 2. The second kappa shape index (κ2) is 6.11. The van der Waals surface area contributed by atoms with Crippen molar-refractivity contribution < 1.29 is 4.74 Å². The van der Waals surface area contributed by atoms with E-state index in [1.165, 1.54) is 0 Å². The zero-order valence-electron chi connectivity index (χ0n) is 7.63. The normalized spacial score (nSPS) is 8.85. The molecule has 13 heavy (non-hydrogen) atoms. The Morgan fingerprint density at radius 3 is 2.69 bits per heavy atom. The molecular formula is C9H13BrClNO. The highest BCUT2D eigenvalue weighted by molar-refractivity contribution is 9.10. The summed E-state index contributed by atoms with van der Waals surface area (Å²) in [7, 11) is 1.67. The van der Waals surface area contributed by atoms with Crippen LogP contribution in [0, 0.1) is 0 Å². The number of ether oxygens (including phenoxy) is 1. The van der Waals surface area contributed by atoms with Crippen LogP contribution in [0.5, 0.6) is 5.75 Å². The number of anilines is 1. The molecule has 2 nitrogen and oxygen atoms in total. The third-order valence-electron chi connectivity index (χ3n) is 1.53. The van der Waals surface area contributed by atoms with Gasteiger partial charge in [-0.05, 0) is 25.1 Å². The summed E-state index contributed by atoms with van der Waals surface area (Å²) in [6, 6.07) is 5.89. The molecule has 0 heterocycles. The number of benzene rings is 1. The van der Waals surface area contributed by atoms with E-state index in [9.17, 15) is 0 Å². The lowest BCUT2D eigenvalue weighted by atomic mass is 10.3. The lowest BCUT2D eigenvalue weighted by molar-refractivity contribution is 0.416. The Bertz CT molecular complexity index is 268. The molecule has 4 heteroatoms. The highest BCUT2D eigenvalue weighted by Gasteiger charge is 2.00. The van der Waals surface area contributed by atoms with Gasteiger partial charge in [0.05, 0.1) is 12.8 Å². The van der Waals surface area contributed by atoms with Gasteiger partial charge in [-0.1, -0.05) is 15.9 Å². The topological polar surface area (TPSA) is 21.3 Å². The van der Waals surface area contributed by atoms with Gasteiger partial charge in [0.2, 0.25) is 0 Å². The largest absolute Gasteiger partial charge is 0.495 e. The van der Waals surface area contributed by atoms with Crippen LogP contribution < -0.4 is 10.1 Å². The Hall–Kier alpha value is -0.410. The molecule has 0 radical (unpaired) electrons. The molecule has 1 rings (SSSR count). The minimum absolute atomic E-state index is 0. The average molecular weight is 267 g/mol. The van der Waals surface area contributed by atoms with Gasteiger partial charge >= 0.3 is 0 Å². The maximum absolute atomic E-state index is 5.17. The van der Waals surface area contributed by atoms with Gasteiger partial charge in [-0.3, -0.25) is 0 Å². The third kappa shape index (κ3) is 3.44. The molecule has 1 N–H and O–H groups in total. The van der Waals surface area contributed by atoms with Crippen molar-refractivity contribution in [3.8, 4) is 5.75 Å². The van der Waals surface area contributed by atoms with Crippen LogP contribution in [0.3, 0.4) is 0 Å². The standard InChI is InChI=1S/C9H12BrNO.ClH/c1-3-11-8-6-7(10)4-5-9(8)12-2;/h4-6,11H,3H2,1-2H3;1H. The molecule has 0 aliphatic heterocycles. The van der Waals surface area contributed by atoms with E-state index in [1.807, 2.05) is 18.2 Å². The second-order valence-electron chi connectivity index (χ2n) is 2.37. The summed E-state index contributed by atoms with van der Waals surface area (Å²) in [5.74, 6) is 0.875. The second-order valence-corrected chi connectivity index (χ2v) is 3.29. The summed E-state index contributed by atoms with van der Waals surface area (Å²) in [4.78, 5) is 0. The molecular weight excluding hydrogens is 253 g/mol. The van der Waals surface area contributed by atoms with Gasteiger partial charge in [0.25, 0.3) is 0 Å². The quantitative estimate of drug-likeness (QED) is 0.906. The van der Waals surface area contributed by atoms with Gasteiger partial charge in [-0.2, -0.15) is 0 Å². The minimum Gasteiger partial charge on any atom is -0.495 e. The molecule has 0 spiro atoms. The van der Waals surface area contributed by atoms with Crippen molar-refractivity contribution in [2.45, 2.75) is 6.92 Å². The molecule has 0 saturated heterocycles. The zero-order valence-corrected chi connectivity index (χ0v) is 10.0. The van der Waals surface area contributed by atoms with Crippen molar-refractivity contribution in [3.63, 3.8) is 0 Å². The fourth-order valence-corrected chi connectivity index (χ4v) is 1.37. The zero-order chi connectivity index (χ0) is 8.97. The van der Waals surface area contributed by atoms with Gasteiger partial charge in [0.1, 0.15) is 5.75 Å². The number of hydrogen-bond donors (Lipinski definition) is 1. The Kier molecular flexibility index (Phi) is 5.91. The van der Waals surface area contributed by atoms with Crippen molar-refractivity contribution in [2.75, 3.05) is 19.0 Å². The highest BCUT2D eigenvalue weighted by Crippen LogP contribution is 2.27. The van der Waals surface area contributed by atoms with Crippen molar-refractivity contribution in [1.82, 2.24) is 0 Å². The van der Waals surface area contributed by atoms with Crippen LogP contribution in [-0.2, 0) is 0 Å². The summed E-state index contributed by atoms with van der Waals surface area (Å²) in [5.41, 5.74) is 1.02. The van der Waals surface area contributed by atoms with Crippen molar-refractivity contribution in [3.05, 3.63) is 22.7 Å². The summed E-state index contributed by atoms with van der Waals surface area (Å²) in [6.07, 6.45) is 0. The molecule has 1 aromatic rings. The van der Waals surface area contributed by atoms with Gasteiger partial charge in [-0.15, -0.1) is 12.4 Å². The van der Waals surface area contributed by atoms with Crippen LogP contribution in [0.4, 0.5) is 5.69 Å². The Morgan fingerprint density at radius 1 is 1.46 bits per heavy atom. The summed E-state index contributed by atoms with van der Waals surface area (Å²) in [5, 5.41) is 3.21. The highest BCUT2D eigenvalue weighted by atomic mass is 79.9. The van der Waals surface area contributed by atoms with Crippen LogP contribution in [-0.4, -0.2) is 13.7 Å². The average Bonchev–Trinajstić information content (AvgIpc) is 2.05. The summed E-state index contributed by atoms with van der Waals surface area (Å²) in [6.45, 7) is 2.95. The molecule has 0 fully saturated rings. The molecule has 0 saturated carbocycles. The molecule has 0 aliphatic rings. The SMILES string of the molecule is CCNc1cc(Br)ccc1OC.Cl. The predicted octanol–water partition coefficient (Wildman–Crippen LogP) is 3.31. The van der Waals surface area contributed by atoms with Gasteiger partial charge < -0.3 is 10.1 Å².